The van der Waals surface area contributed by atoms with Gasteiger partial charge < -0.3 is 9.80 Å². The van der Waals surface area contributed by atoms with E-state index in [0.717, 1.165) is 32.6 Å². The first-order valence-corrected chi connectivity index (χ1v) is 9.94. The second-order valence-electron chi connectivity index (χ2n) is 8.79. The highest BCUT2D eigenvalue weighted by atomic mass is 16.2. The summed E-state index contributed by atoms with van der Waals surface area (Å²) >= 11 is 0. The third-order valence-corrected chi connectivity index (χ3v) is 5.78. The number of likely N-dealkylation sites (N-methyl/N-ethyl adjacent to an activating group) is 1. The lowest BCUT2D eigenvalue weighted by molar-refractivity contribution is -0.136. The number of carbonyl (C=O) groups excluding carboxylic acids is 1. The molecule has 2 rings (SSSR count). The van der Waals surface area contributed by atoms with Crippen LogP contribution in [-0.4, -0.2) is 73.0 Å². The number of hydrogen-bond donors (Lipinski definition) is 0. The minimum Gasteiger partial charge on any atom is -0.340 e. The monoisotopic (exact) mass is 359 g/mol. The van der Waals surface area contributed by atoms with Crippen LogP contribution in [0.5, 0.6) is 0 Å². The fourth-order valence-electron chi connectivity index (χ4n) is 3.93. The maximum atomic E-state index is 12.8. The first-order valence-electron chi connectivity index (χ1n) is 9.94. The second kappa shape index (κ2) is 9.01. The molecule has 0 spiro atoms. The number of nitrogens with zero attached hydrogens (tertiary/aromatic N) is 3. The Bertz CT molecular complexity index is 558. The van der Waals surface area contributed by atoms with Crippen LogP contribution < -0.4 is 0 Å². The lowest BCUT2D eigenvalue weighted by Crippen LogP contribution is -2.59. The minimum atomic E-state index is 0.0294. The number of hydrogen-bond acceptors (Lipinski definition) is 3. The standard InChI is InChI=1S/C22H37N3O/c1-18-16-24(17-19(2)25(18)15-14-23(5)6)21(26)12-13-22(3,4)20-10-8-7-9-11-20/h7-11,18-19H,12-17H2,1-6H3. The van der Waals surface area contributed by atoms with Crippen molar-refractivity contribution in [1.82, 2.24) is 14.7 Å². The van der Waals surface area contributed by atoms with Gasteiger partial charge in [-0.2, -0.15) is 0 Å². The number of rotatable bonds is 7. The molecular formula is C22H37N3O. The molecule has 4 heteroatoms. The van der Waals surface area contributed by atoms with Crippen molar-refractivity contribution in [3.63, 3.8) is 0 Å². The molecule has 2 unspecified atom stereocenters. The van der Waals surface area contributed by atoms with E-state index in [1.54, 1.807) is 0 Å². The van der Waals surface area contributed by atoms with Gasteiger partial charge in [-0.15, -0.1) is 0 Å². The Labute approximate surface area is 160 Å². The summed E-state index contributed by atoms with van der Waals surface area (Å²) in [5.41, 5.74) is 1.34. The molecule has 1 aromatic carbocycles. The van der Waals surface area contributed by atoms with Crippen molar-refractivity contribution in [2.45, 2.75) is 58.0 Å². The Balaban J connectivity index is 1.88. The third kappa shape index (κ3) is 5.55. The molecule has 1 aromatic rings. The molecule has 146 valence electrons. The van der Waals surface area contributed by atoms with Crippen LogP contribution in [0.15, 0.2) is 30.3 Å². The van der Waals surface area contributed by atoms with E-state index in [0.29, 0.717) is 24.4 Å². The number of benzene rings is 1. The lowest BCUT2D eigenvalue weighted by Gasteiger charge is -2.45. The molecule has 0 saturated carbocycles. The van der Waals surface area contributed by atoms with Crippen LogP contribution in [0.1, 0.15) is 46.1 Å². The zero-order chi connectivity index (χ0) is 19.3. The zero-order valence-electron chi connectivity index (χ0n) is 17.5. The topological polar surface area (TPSA) is 26.8 Å². The second-order valence-corrected chi connectivity index (χ2v) is 8.79. The largest absolute Gasteiger partial charge is 0.340 e. The predicted molar refractivity (Wildman–Crippen MR) is 109 cm³/mol. The van der Waals surface area contributed by atoms with Crippen molar-refractivity contribution in [1.29, 1.82) is 0 Å². The molecular weight excluding hydrogens is 322 g/mol. The molecule has 1 amide bonds. The maximum Gasteiger partial charge on any atom is 0.222 e. The van der Waals surface area contributed by atoms with Gasteiger partial charge in [-0.3, -0.25) is 9.69 Å². The van der Waals surface area contributed by atoms with Crippen LogP contribution in [0.4, 0.5) is 0 Å². The predicted octanol–water partition coefficient (Wildman–Crippen LogP) is 3.23. The van der Waals surface area contributed by atoms with E-state index >= 15 is 0 Å². The highest BCUT2D eigenvalue weighted by molar-refractivity contribution is 5.76. The summed E-state index contributed by atoms with van der Waals surface area (Å²) in [6.45, 7) is 12.8. The molecule has 1 saturated heterocycles. The SMILES string of the molecule is CC1CN(C(=O)CCC(C)(C)c2ccccc2)CC(C)N1CCN(C)C. The smallest absolute Gasteiger partial charge is 0.222 e. The van der Waals surface area contributed by atoms with Crippen molar-refractivity contribution in [2.24, 2.45) is 0 Å². The Morgan fingerprint density at radius 1 is 1.12 bits per heavy atom. The van der Waals surface area contributed by atoms with Crippen molar-refractivity contribution >= 4 is 5.91 Å². The van der Waals surface area contributed by atoms with Gasteiger partial charge in [0.2, 0.25) is 5.91 Å². The number of piperazine rings is 1. The van der Waals surface area contributed by atoms with E-state index < -0.39 is 0 Å². The zero-order valence-corrected chi connectivity index (χ0v) is 17.5. The molecule has 1 aliphatic heterocycles. The van der Waals surface area contributed by atoms with Crippen LogP contribution in [0, 0.1) is 0 Å². The average molecular weight is 360 g/mol. The summed E-state index contributed by atoms with van der Waals surface area (Å²) in [6, 6.07) is 11.4. The Kier molecular flexibility index (Phi) is 7.24. The van der Waals surface area contributed by atoms with Crippen molar-refractivity contribution in [3.8, 4) is 0 Å². The maximum absolute atomic E-state index is 12.8. The highest BCUT2D eigenvalue weighted by Gasteiger charge is 2.32. The fraction of sp³-hybridized carbons (Fsp3) is 0.682. The molecule has 0 bridgehead atoms. The van der Waals surface area contributed by atoms with E-state index in [1.165, 1.54) is 5.56 Å². The first kappa shape index (κ1) is 20.9. The van der Waals surface area contributed by atoms with Gasteiger partial charge in [-0.05, 0) is 45.3 Å². The summed E-state index contributed by atoms with van der Waals surface area (Å²) in [4.78, 5) is 19.7. The van der Waals surface area contributed by atoms with Gasteiger partial charge in [-0.1, -0.05) is 44.2 Å². The molecule has 1 heterocycles. The fourth-order valence-corrected chi connectivity index (χ4v) is 3.93. The van der Waals surface area contributed by atoms with E-state index in [4.69, 9.17) is 0 Å². The van der Waals surface area contributed by atoms with Gasteiger partial charge in [0.1, 0.15) is 0 Å². The van der Waals surface area contributed by atoms with E-state index in [9.17, 15) is 4.79 Å². The summed E-state index contributed by atoms with van der Waals surface area (Å²) in [5, 5.41) is 0. The molecule has 26 heavy (non-hydrogen) atoms. The van der Waals surface area contributed by atoms with Crippen LogP contribution in [-0.2, 0) is 10.2 Å². The quantitative estimate of drug-likeness (QED) is 0.748. The highest BCUT2D eigenvalue weighted by Crippen LogP contribution is 2.29. The third-order valence-electron chi connectivity index (χ3n) is 5.78. The van der Waals surface area contributed by atoms with E-state index in [-0.39, 0.29) is 5.41 Å². The normalized spacial score (nSPS) is 22.0. The lowest BCUT2D eigenvalue weighted by atomic mass is 9.80. The summed E-state index contributed by atoms with van der Waals surface area (Å²) < 4.78 is 0. The molecule has 0 N–H and O–H groups in total. The summed E-state index contributed by atoms with van der Waals surface area (Å²) in [7, 11) is 4.23. The van der Waals surface area contributed by atoms with Crippen LogP contribution in [0.2, 0.25) is 0 Å². The van der Waals surface area contributed by atoms with Gasteiger partial charge in [-0.25, -0.2) is 0 Å². The molecule has 1 fully saturated rings. The van der Waals surface area contributed by atoms with Crippen molar-refractivity contribution in [2.75, 3.05) is 40.3 Å². The van der Waals surface area contributed by atoms with Gasteiger partial charge >= 0.3 is 0 Å². The van der Waals surface area contributed by atoms with Gasteiger partial charge in [0.05, 0.1) is 0 Å². The van der Waals surface area contributed by atoms with Crippen LogP contribution >= 0.6 is 0 Å². The van der Waals surface area contributed by atoms with Gasteiger partial charge in [0, 0.05) is 44.7 Å². The number of carbonyl (C=O) groups is 1. The minimum absolute atomic E-state index is 0.0294. The van der Waals surface area contributed by atoms with Gasteiger partial charge in [0.25, 0.3) is 0 Å². The van der Waals surface area contributed by atoms with E-state index in [2.05, 4.69) is 80.8 Å². The summed E-state index contributed by atoms with van der Waals surface area (Å²) in [5.74, 6) is 0.306. The Morgan fingerprint density at radius 2 is 1.69 bits per heavy atom. The molecule has 4 nitrogen and oxygen atoms in total. The van der Waals surface area contributed by atoms with Crippen LogP contribution in [0.3, 0.4) is 0 Å². The first-order chi connectivity index (χ1) is 12.2. The van der Waals surface area contributed by atoms with Crippen LogP contribution in [0.25, 0.3) is 0 Å². The van der Waals surface area contributed by atoms with Crippen molar-refractivity contribution in [3.05, 3.63) is 35.9 Å². The molecule has 0 aliphatic carbocycles. The van der Waals surface area contributed by atoms with E-state index in [1.807, 2.05) is 6.07 Å². The Morgan fingerprint density at radius 3 is 2.23 bits per heavy atom. The Hall–Kier alpha value is -1.39. The summed E-state index contributed by atoms with van der Waals surface area (Å²) in [6.07, 6.45) is 1.51. The molecule has 2 atom stereocenters. The molecule has 0 radical (unpaired) electrons. The molecule has 0 aromatic heterocycles. The number of amides is 1. The average Bonchev–Trinajstić information content (AvgIpc) is 2.59. The van der Waals surface area contributed by atoms with Crippen molar-refractivity contribution < 1.29 is 4.79 Å². The molecule has 1 aliphatic rings. The van der Waals surface area contributed by atoms with Gasteiger partial charge in [0.15, 0.2) is 0 Å².